The quantitative estimate of drug-likeness (QED) is 0.238. The molecule has 3 aliphatic carbocycles. The molecule has 208 valence electrons. The van der Waals surface area contributed by atoms with Crippen molar-refractivity contribution in [2.45, 2.75) is 18.8 Å². The topological polar surface area (TPSA) is 92.8 Å². The summed E-state index contributed by atoms with van der Waals surface area (Å²) in [5, 5.41) is 3.19. The molecule has 1 heterocycles. The van der Waals surface area contributed by atoms with Gasteiger partial charge in [-0.3, -0.25) is 14.4 Å². The van der Waals surface area contributed by atoms with Crippen molar-refractivity contribution in [2.75, 3.05) is 16.8 Å². The predicted molar refractivity (Wildman–Crippen MR) is 158 cm³/mol. The molecule has 8 heteroatoms. The lowest BCUT2D eigenvalue weighted by molar-refractivity contribution is -0.122. The van der Waals surface area contributed by atoms with Gasteiger partial charge in [0.1, 0.15) is 0 Å². The van der Waals surface area contributed by atoms with E-state index < -0.39 is 30.3 Å². The maximum Gasteiger partial charge on any atom is 0.340 e. The minimum absolute atomic E-state index is 0.0342. The molecule has 4 aliphatic rings. The average Bonchev–Trinajstić information content (AvgIpc) is 3.28. The number of rotatable bonds is 5. The molecule has 2 atom stereocenters. The number of halogens is 1. The van der Waals surface area contributed by atoms with Crippen LogP contribution < -0.4 is 10.2 Å². The van der Waals surface area contributed by atoms with E-state index in [0.717, 1.165) is 27.2 Å². The summed E-state index contributed by atoms with van der Waals surface area (Å²) in [5.74, 6) is -3.70. The molecule has 0 radical (unpaired) electrons. The van der Waals surface area contributed by atoms with Crippen LogP contribution in [0.15, 0.2) is 91.0 Å². The van der Waals surface area contributed by atoms with E-state index in [1.54, 1.807) is 43.3 Å². The average molecular weight is 577 g/mol. The first-order valence-electron chi connectivity index (χ1n) is 13.7. The predicted octanol–water partition coefficient (Wildman–Crippen LogP) is 5.84. The summed E-state index contributed by atoms with van der Waals surface area (Å²) in [6, 6.07) is 27.5. The summed E-state index contributed by atoms with van der Waals surface area (Å²) < 4.78 is 5.34. The highest BCUT2D eigenvalue weighted by Gasteiger charge is 2.62. The molecule has 0 saturated carbocycles. The summed E-state index contributed by atoms with van der Waals surface area (Å²) >= 11 is 6.13. The summed E-state index contributed by atoms with van der Waals surface area (Å²) in [7, 11) is 0. The number of carbonyl (C=O) groups is 4. The Morgan fingerprint density at radius 2 is 1.29 bits per heavy atom. The Bertz CT molecular complexity index is 1700. The third kappa shape index (κ3) is 3.88. The van der Waals surface area contributed by atoms with Crippen LogP contribution in [0.4, 0.5) is 11.4 Å². The van der Waals surface area contributed by atoms with Crippen LogP contribution in [0.3, 0.4) is 0 Å². The van der Waals surface area contributed by atoms with Crippen molar-refractivity contribution in [2.24, 2.45) is 11.8 Å². The first-order chi connectivity index (χ1) is 20.4. The molecule has 2 bridgehead atoms. The number of carbonyl (C=O) groups excluding carboxylic acids is 4. The summed E-state index contributed by atoms with van der Waals surface area (Å²) in [6.45, 7) is 1.21. The molecule has 1 fully saturated rings. The zero-order chi connectivity index (χ0) is 29.1. The minimum Gasteiger partial charge on any atom is -0.452 e. The van der Waals surface area contributed by atoms with Gasteiger partial charge in [0.05, 0.1) is 23.1 Å². The van der Waals surface area contributed by atoms with Crippen molar-refractivity contribution >= 4 is 46.7 Å². The Labute approximate surface area is 247 Å². The van der Waals surface area contributed by atoms with Crippen LogP contribution >= 0.6 is 11.6 Å². The maximum absolute atomic E-state index is 14.1. The maximum atomic E-state index is 14.1. The van der Waals surface area contributed by atoms with Crippen LogP contribution in [0.5, 0.6) is 0 Å². The molecule has 42 heavy (non-hydrogen) atoms. The number of benzene rings is 4. The molecule has 0 unspecified atom stereocenters. The van der Waals surface area contributed by atoms with Crippen LogP contribution in [-0.2, 0) is 19.1 Å². The second kappa shape index (κ2) is 9.96. The Balaban J connectivity index is 1.17. The molecule has 4 aromatic rings. The van der Waals surface area contributed by atoms with Crippen LogP contribution in [-0.4, -0.2) is 30.3 Å². The number of amides is 3. The van der Waals surface area contributed by atoms with Crippen LogP contribution in [0.2, 0.25) is 5.02 Å². The Kier molecular flexibility index (Phi) is 6.21. The molecule has 1 saturated heterocycles. The number of hydrogen-bond acceptors (Lipinski definition) is 5. The SMILES string of the molecule is Cc1c(Cl)cccc1NC(=O)COC(=O)c1ccccc1N1C(=O)[C@H]2C3c4ccccc4C(c4ccccc43)[C@@H]2C1=O. The highest BCUT2D eigenvalue weighted by Crippen LogP contribution is 2.61. The number of esters is 1. The van der Waals surface area contributed by atoms with Gasteiger partial charge in [-0.05, 0) is 59.0 Å². The van der Waals surface area contributed by atoms with Gasteiger partial charge in [-0.15, -0.1) is 0 Å². The van der Waals surface area contributed by atoms with E-state index in [2.05, 4.69) is 5.32 Å². The lowest BCUT2D eigenvalue weighted by atomic mass is 9.55. The summed E-state index contributed by atoms with van der Waals surface area (Å²) in [4.78, 5) is 55.3. The van der Waals surface area contributed by atoms with Gasteiger partial charge in [0.25, 0.3) is 5.91 Å². The van der Waals surface area contributed by atoms with Crippen molar-refractivity contribution in [3.8, 4) is 0 Å². The number of nitrogens with one attached hydrogen (secondary N) is 1. The normalized spacial score (nSPS) is 21.4. The first kappa shape index (κ1) is 26.2. The zero-order valence-corrected chi connectivity index (χ0v) is 23.3. The summed E-state index contributed by atoms with van der Waals surface area (Å²) in [6.07, 6.45) is 0. The van der Waals surface area contributed by atoms with Gasteiger partial charge in [-0.25, -0.2) is 9.69 Å². The van der Waals surface area contributed by atoms with Gasteiger partial charge >= 0.3 is 5.97 Å². The fourth-order valence-electron chi connectivity index (χ4n) is 6.89. The molecular weight excluding hydrogens is 552 g/mol. The van der Waals surface area contributed by atoms with E-state index in [0.29, 0.717) is 16.3 Å². The number of hydrogen-bond donors (Lipinski definition) is 1. The second-order valence-electron chi connectivity index (χ2n) is 10.8. The molecular formula is C34H25ClN2O5. The third-order valence-corrected chi connectivity index (χ3v) is 9.10. The van der Waals surface area contributed by atoms with Crippen molar-refractivity contribution < 1.29 is 23.9 Å². The third-order valence-electron chi connectivity index (χ3n) is 8.69. The van der Waals surface area contributed by atoms with E-state index in [1.165, 1.54) is 6.07 Å². The van der Waals surface area contributed by atoms with Gasteiger partial charge in [0, 0.05) is 22.5 Å². The number of ether oxygens (including phenoxy) is 1. The Morgan fingerprint density at radius 1 is 0.762 bits per heavy atom. The van der Waals surface area contributed by atoms with Crippen molar-refractivity contribution in [1.82, 2.24) is 0 Å². The number of anilines is 2. The van der Waals surface area contributed by atoms with Crippen molar-refractivity contribution in [3.63, 3.8) is 0 Å². The molecule has 4 aromatic carbocycles. The van der Waals surface area contributed by atoms with E-state index in [9.17, 15) is 19.2 Å². The first-order valence-corrected chi connectivity index (χ1v) is 14.1. The van der Waals surface area contributed by atoms with E-state index >= 15 is 0 Å². The molecule has 7 nitrogen and oxygen atoms in total. The molecule has 8 rings (SSSR count). The monoisotopic (exact) mass is 576 g/mol. The van der Waals surface area contributed by atoms with E-state index in [-0.39, 0.29) is 34.9 Å². The lowest BCUT2D eigenvalue weighted by Crippen LogP contribution is -2.41. The van der Waals surface area contributed by atoms with E-state index in [1.807, 2.05) is 48.5 Å². The standard InChI is InChI=1S/C34H25ClN2O5/c1-18-24(35)14-8-15-25(18)36-27(38)17-42-34(41)23-13-6-7-16-26(23)37-32(39)30-28-19-9-2-3-10-20(19)29(31(30)33(37)40)22-12-5-4-11-21(22)28/h2-16,28-31H,17H2,1H3,(H,36,38)/t28?,29?,30-,31-/m0/s1. The fourth-order valence-corrected chi connectivity index (χ4v) is 7.07. The number of nitrogens with zero attached hydrogens (tertiary/aromatic N) is 1. The second-order valence-corrected chi connectivity index (χ2v) is 11.2. The highest BCUT2D eigenvalue weighted by molar-refractivity contribution is 6.31. The van der Waals surface area contributed by atoms with Crippen LogP contribution in [0.1, 0.15) is 50.0 Å². The van der Waals surface area contributed by atoms with Gasteiger partial charge in [-0.1, -0.05) is 78.3 Å². The molecule has 1 N–H and O–H groups in total. The summed E-state index contributed by atoms with van der Waals surface area (Å²) in [5.41, 5.74) is 5.67. The molecule has 1 aliphatic heterocycles. The van der Waals surface area contributed by atoms with Crippen molar-refractivity contribution in [3.05, 3.63) is 129 Å². The zero-order valence-electron chi connectivity index (χ0n) is 22.5. The van der Waals surface area contributed by atoms with Crippen LogP contribution in [0, 0.1) is 18.8 Å². The van der Waals surface area contributed by atoms with E-state index in [4.69, 9.17) is 16.3 Å². The number of para-hydroxylation sites is 1. The molecule has 0 spiro atoms. The smallest absolute Gasteiger partial charge is 0.340 e. The van der Waals surface area contributed by atoms with Gasteiger partial charge in [-0.2, -0.15) is 0 Å². The fraction of sp³-hybridized carbons (Fsp3) is 0.176. The van der Waals surface area contributed by atoms with Crippen LogP contribution in [0.25, 0.3) is 0 Å². The van der Waals surface area contributed by atoms with Gasteiger partial charge in [0.2, 0.25) is 11.8 Å². The lowest BCUT2D eigenvalue weighted by Gasteiger charge is -2.45. The highest BCUT2D eigenvalue weighted by atomic mass is 35.5. The Morgan fingerprint density at radius 3 is 1.86 bits per heavy atom. The van der Waals surface area contributed by atoms with Gasteiger partial charge < -0.3 is 10.1 Å². The Hall–Kier alpha value is -4.75. The molecule has 3 amide bonds. The largest absolute Gasteiger partial charge is 0.452 e. The van der Waals surface area contributed by atoms with Crippen molar-refractivity contribution in [1.29, 1.82) is 0 Å². The molecule has 0 aromatic heterocycles. The van der Waals surface area contributed by atoms with Gasteiger partial charge in [0.15, 0.2) is 6.61 Å². The number of imide groups is 1. The minimum atomic E-state index is -0.811.